The molecule has 0 bridgehead atoms. The number of amides is 2. The lowest BCUT2D eigenvalue weighted by Crippen LogP contribution is -2.42. The summed E-state index contributed by atoms with van der Waals surface area (Å²) in [5.41, 5.74) is 0.0596. The van der Waals surface area contributed by atoms with Gasteiger partial charge in [0.15, 0.2) is 5.60 Å². The van der Waals surface area contributed by atoms with Gasteiger partial charge in [-0.3, -0.25) is 9.59 Å². The molecule has 3 rings (SSSR count). The first-order valence-electron chi connectivity index (χ1n) is 8.52. The lowest BCUT2D eigenvalue weighted by Gasteiger charge is -2.27. The van der Waals surface area contributed by atoms with Gasteiger partial charge in [0.1, 0.15) is 11.6 Å². The molecule has 1 aliphatic heterocycles. The smallest absolute Gasteiger partial charge is 0.268 e. The Morgan fingerprint density at radius 2 is 1.85 bits per heavy atom. The summed E-state index contributed by atoms with van der Waals surface area (Å²) in [6, 6.07) is 12.7. The third kappa shape index (κ3) is 3.85. The first kappa shape index (κ1) is 17.9. The number of ether oxygens (including phenoxy) is 1. The summed E-state index contributed by atoms with van der Waals surface area (Å²) in [6.07, 6.45) is 1.32. The molecular weight excluding hydrogens is 335 g/mol. The first-order valence-corrected chi connectivity index (χ1v) is 8.52. The molecule has 2 aromatic carbocycles. The highest BCUT2D eigenvalue weighted by Crippen LogP contribution is 2.30. The number of halogens is 1. The van der Waals surface area contributed by atoms with Crippen molar-refractivity contribution in [3.05, 3.63) is 54.3 Å². The van der Waals surface area contributed by atoms with Gasteiger partial charge in [0.25, 0.3) is 5.91 Å². The molecule has 0 atom stereocenters. The summed E-state index contributed by atoms with van der Waals surface area (Å²) >= 11 is 0. The van der Waals surface area contributed by atoms with Gasteiger partial charge in [-0.2, -0.15) is 0 Å². The van der Waals surface area contributed by atoms with E-state index in [4.69, 9.17) is 4.74 Å². The van der Waals surface area contributed by atoms with E-state index >= 15 is 0 Å². The minimum absolute atomic E-state index is 0.0496. The predicted molar refractivity (Wildman–Crippen MR) is 97.8 cm³/mol. The van der Waals surface area contributed by atoms with Crippen LogP contribution in [-0.4, -0.2) is 24.0 Å². The Morgan fingerprint density at radius 1 is 1.15 bits per heavy atom. The lowest BCUT2D eigenvalue weighted by molar-refractivity contribution is -0.128. The number of nitrogens with zero attached hydrogens (tertiary/aromatic N) is 1. The second-order valence-electron chi connectivity index (χ2n) is 6.69. The normalized spacial score (nSPS) is 14.4. The summed E-state index contributed by atoms with van der Waals surface area (Å²) in [4.78, 5) is 26.5. The van der Waals surface area contributed by atoms with Crippen LogP contribution in [0.25, 0.3) is 0 Å². The van der Waals surface area contributed by atoms with Gasteiger partial charge in [0, 0.05) is 13.0 Å². The molecule has 0 aromatic heterocycles. The predicted octanol–water partition coefficient (Wildman–Crippen LogP) is 3.75. The molecule has 136 valence electrons. The summed E-state index contributed by atoms with van der Waals surface area (Å²) in [7, 11) is 0. The minimum Gasteiger partial charge on any atom is -0.478 e. The van der Waals surface area contributed by atoms with E-state index in [1.54, 1.807) is 30.9 Å². The van der Waals surface area contributed by atoms with Crippen molar-refractivity contribution in [1.29, 1.82) is 0 Å². The van der Waals surface area contributed by atoms with Crippen molar-refractivity contribution in [2.45, 2.75) is 32.3 Å². The molecule has 1 N–H and O–H groups in total. The molecule has 1 aliphatic rings. The number of hydrogen-bond donors (Lipinski definition) is 1. The number of anilines is 2. The van der Waals surface area contributed by atoms with Crippen molar-refractivity contribution >= 4 is 23.2 Å². The number of benzene rings is 2. The Balaban J connectivity index is 1.77. The fourth-order valence-corrected chi connectivity index (χ4v) is 2.83. The van der Waals surface area contributed by atoms with E-state index in [-0.39, 0.29) is 17.6 Å². The average Bonchev–Trinajstić information content (AvgIpc) is 3.03. The van der Waals surface area contributed by atoms with Crippen LogP contribution < -0.4 is 15.0 Å². The van der Waals surface area contributed by atoms with Gasteiger partial charge >= 0.3 is 0 Å². The van der Waals surface area contributed by atoms with E-state index in [1.165, 1.54) is 24.3 Å². The van der Waals surface area contributed by atoms with Crippen LogP contribution >= 0.6 is 0 Å². The molecular formula is C20H21FN2O3. The van der Waals surface area contributed by atoms with Gasteiger partial charge in [-0.1, -0.05) is 12.1 Å². The lowest BCUT2D eigenvalue weighted by atomic mass is 10.1. The van der Waals surface area contributed by atoms with Gasteiger partial charge in [0.2, 0.25) is 5.91 Å². The average molecular weight is 356 g/mol. The van der Waals surface area contributed by atoms with Crippen LogP contribution in [0.15, 0.2) is 48.5 Å². The quantitative estimate of drug-likeness (QED) is 0.888. The number of hydrogen-bond acceptors (Lipinski definition) is 3. The van der Waals surface area contributed by atoms with Crippen LogP contribution in [0.4, 0.5) is 15.8 Å². The number of carbonyl (C=O) groups excluding carboxylic acids is 2. The third-order valence-electron chi connectivity index (χ3n) is 4.25. The van der Waals surface area contributed by atoms with E-state index in [0.29, 0.717) is 30.1 Å². The number of carbonyl (C=O) groups is 2. The molecule has 0 radical (unpaired) electrons. The molecule has 0 unspecified atom stereocenters. The van der Waals surface area contributed by atoms with Crippen LogP contribution in [0.1, 0.15) is 26.7 Å². The van der Waals surface area contributed by atoms with Gasteiger partial charge in [-0.05, 0) is 56.7 Å². The molecule has 5 nitrogen and oxygen atoms in total. The van der Waals surface area contributed by atoms with Gasteiger partial charge in [-0.25, -0.2) is 4.39 Å². The van der Waals surface area contributed by atoms with Crippen LogP contribution in [0.2, 0.25) is 0 Å². The standard InChI is InChI=1S/C20H21FN2O3/c1-20(2,26-15-11-9-14(21)10-12-15)19(25)22-16-6-3-4-7-17(16)23-13-5-8-18(23)24/h3-4,6-7,9-12H,5,8,13H2,1-2H3,(H,22,25). The summed E-state index contributed by atoms with van der Waals surface area (Å²) < 4.78 is 18.7. The third-order valence-corrected chi connectivity index (χ3v) is 4.25. The minimum atomic E-state index is -1.18. The number of rotatable bonds is 5. The first-order chi connectivity index (χ1) is 12.4. The summed E-state index contributed by atoms with van der Waals surface area (Å²) in [5, 5.41) is 2.85. The summed E-state index contributed by atoms with van der Waals surface area (Å²) in [5.74, 6) is -0.284. The zero-order valence-electron chi connectivity index (χ0n) is 14.8. The Bertz CT molecular complexity index is 818. The van der Waals surface area contributed by atoms with Gasteiger partial charge in [0.05, 0.1) is 11.4 Å². The largest absolute Gasteiger partial charge is 0.478 e. The zero-order chi connectivity index (χ0) is 18.7. The molecule has 1 fully saturated rings. The van der Waals surface area contributed by atoms with Crippen molar-refractivity contribution in [2.75, 3.05) is 16.8 Å². The molecule has 26 heavy (non-hydrogen) atoms. The molecule has 1 saturated heterocycles. The highest BCUT2D eigenvalue weighted by Gasteiger charge is 2.31. The number of nitrogens with one attached hydrogen (secondary N) is 1. The Hall–Kier alpha value is -2.89. The Morgan fingerprint density at radius 3 is 2.50 bits per heavy atom. The zero-order valence-corrected chi connectivity index (χ0v) is 14.8. The second kappa shape index (κ2) is 7.15. The van der Waals surface area contributed by atoms with E-state index in [0.717, 1.165) is 6.42 Å². The Labute approximate surface area is 151 Å². The maximum atomic E-state index is 13.0. The van der Waals surface area contributed by atoms with Gasteiger partial charge in [-0.15, -0.1) is 0 Å². The van der Waals surface area contributed by atoms with Crippen molar-refractivity contribution in [3.8, 4) is 5.75 Å². The fraction of sp³-hybridized carbons (Fsp3) is 0.300. The maximum absolute atomic E-state index is 13.0. The fourth-order valence-electron chi connectivity index (χ4n) is 2.83. The molecule has 1 heterocycles. The van der Waals surface area contributed by atoms with Gasteiger partial charge < -0.3 is 15.0 Å². The van der Waals surface area contributed by atoms with Crippen molar-refractivity contribution in [2.24, 2.45) is 0 Å². The molecule has 0 saturated carbocycles. The SMILES string of the molecule is CC(C)(Oc1ccc(F)cc1)C(=O)Nc1ccccc1N1CCCC1=O. The van der Waals surface area contributed by atoms with Crippen LogP contribution in [-0.2, 0) is 9.59 Å². The molecule has 0 spiro atoms. The van der Waals surface area contributed by atoms with E-state index in [9.17, 15) is 14.0 Å². The highest BCUT2D eigenvalue weighted by molar-refractivity contribution is 6.04. The topological polar surface area (TPSA) is 58.6 Å². The number of para-hydroxylation sites is 2. The molecule has 0 aliphatic carbocycles. The van der Waals surface area contributed by atoms with Crippen LogP contribution in [0, 0.1) is 5.82 Å². The second-order valence-corrected chi connectivity index (χ2v) is 6.69. The summed E-state index contributed by atoms with van der Waals surface area (Å²) in [6.45, 7) is 3.91. The van der Waals surface area contributed by atoms with Crippen LogP contribution in [0.3, 0.4) is 0 Å². The molecule has 6 heteroatoms. The molecule has 2 amide bonds. The van der Waals surface area contributed by atoms with Crippen molar-refractivity contribution in [1.82, 2.24) is 0 Å². The van der Waals surface area contributed by atoms with E-state index in [2.05, 4.69) is 5.32 Å². The van der Waals surface area contributed by atoms with Crippen molar-refractivity contribution in [3.63, 3.8) is 0 Å². The van der Waals surface area contributed by atoms with E-state index in [1.807, 2.05) is 12.1 Å². The monoisotopic (exact) mass is 356 g/mol. The maximum Gasteiger partial charge on any atom is 0.268 e. The highest BCUT2D eigenvalue weighted by atomic mass is 19.1. The van der Waals surface area contributed by atoms with Crippen LogP contribution in [0.5, 0.6) is 5.75 Å². The van der Waals surface area contributed by atoms with E-state index < -0.39 is 5.60 Å². The van der Waals surface area contributed by atoms with Crippen molar-refractivity contribution < 1.29 is 18.7 Å². The molecule has 2 aromatic rings. The Kier molecular flexibility index (Phi) is 4.93.